The fraction of sp³-hybridized carbons (Fsp3) is 0.556. The third-order valence-electron chi connectivity index (χ3n) is 4.05. The Morgan fingerprint density at radius 3 is 2.72 bits per heavy atom. The molecule has 0 unspecified atom stereocenters. The van der Waals surface area contributed by atoms with Crippen molar-refractivity contribution in [3.63, 3.8) is 0 Å². The van der Waals surface area contributed by atoms with Gasteiger partial charge in [-0.1, -0.05) is 0 Å². The number of carbonyl (C=O) groups is 1. The number of hydrogen-bond donors (Lipinski definition) is 0. The van der Waals surface area contributed by atoms with Gasteiger partial charge in [0.1, 0.15) is 5.82 Å². The van der Waals surface area contributed by atoms with Crippen LogP contribution < -0.4 is 0 Å². The number of rotatable bonds is 10. The maximum absolute atomic E-state index is 12.5. The molecular weight excluding hydrogens is 336 g/mol. The fourth-order valence-corrected chi connectivity index (χ4v) is 2.70. The zero-order chi connectivity index (χ0) is 18.3. The summed E-state index contributed by atoms with van der Waals surface area (Å²) in [5, 5.41) is 4.37. The van der Waals surface area contributed by atoms with Gasteiger partial charge in [0.05, 0.1) is 30.4 Å². The van der Waals surface area contributed by atoms with Crippen LogP contribution in [0.25, 0.3) is 0 Å². The Kier molecular flexibility index (Phi) is 7.13. The van der Waals surface area contributed by atoms with E-state index >= 15 is 0 Å². The van der Waals surface area contributed by atoms with Crippen molar-refractivity contribution in [3.8, 4) is 0 Å². The maximum Gasteiger partial charge on any atom is 0.173 e. The highest BCUT2D eigenvalue weighted by molar-refractivity contribution is 7.98. The van der Waals surface area contributed by atoms with E-state index in [-0.39, 0.29) is 17.8 Å². The van der Waals surface area contributed by atoms with E-state index in [4.69, 9.17) is 4.74 Å². The standard InChI is InChI=1S/C18H26N4O2S/c1-14-15(16(23)12-17-19-7-5-8-20-17)13-21-22(14)9-6-18(2,3)24-10-11-25-4/h5,7-8,13H,6,9-12H2,1-4H3. The molecule has 6 nitrogen and oxygen atoms in total. The molecule has 2 aromatic heterocycles. The molecule has 0 radical (unpaired) electrons. The van der Waals surface area contributed by atoms with Crippen LogP contribution in [0, 0.1) is 6.92 Å². The van der Waals surface area contributed by atoms with Gasteiger partial charge in [-0.05, 0) is 39.5 Å². The van der Waals surface area contributed by atoms with Crippen molar-refractivity contribution in [2.75, 3.05) is 18.6 Å². The number of thioether (sulfide) groups is 1. The van der Waals surface area contributed by atoms with E-state index in [2.05, 4.69) is 35.2 Å². The van der Waals surface area contributed by atoms with Gasteiger partial charge >= 0.3 is 0 Å². The van der Waals surface area contributed by atoms with Gasteiger partial charge in [0.15, 0.2) is 5.78 Å². The first kappa shape index (κ1) is 19.6. The second-order valence-electron chi connectivity index (χ2n) is 6.48. The van der Waals surface area contributed by atoms with Crippen LogP contribution in [-0.2, 0) is 17.7 Å². The molecule has 2 aromatic rings. The molecule has 7 heteroatoms. The molecule has 0 atom stereocenters. The number of ketones is 1. The molecule has 2 heterocycles. The molecule has 0 aromatic carbocycles. The minimum Gasteiger partial charge on any atom is -0.375 e. The second kappa shape index (κ2) is 9.10. The molecule has 0 N–H and O–H groups in total. The second-order valence-corrected chi connectivity index (χ2v) is 7.47. The van der Waals surface area contributed by atoms with Gasteiger partial charge in [-0.25, -0.2) is 9.97 Å². The molecule has 0 bridgehead atoms. The van der Waals surface area contributed by atoms with Crippen LogP contribution >= 0.6 is 11.8 Å². The molecule has 0 aliphatic rings. The number of carbonyl (C=O) groups excluding carboxylic acids is 1. The Hall–Kier alpha value is -1.73. The summed E-state index contributed by atoms with van der Waals surface area (Å²) in [5.41, 5.74) is 1.30. The van der Waals surface area contributed by atoms with Crippen LogP contribution in [0.3, 0.4) is 0 Å². The Balaban J connectivity index is 1.95. The van der Waals surface area contributed by atoms with E-state index in [9.17, 15) is 4.79 Å². The zero-order valence-electron chi connectivity index (χ0n) is 15.4. The van der Waals surface area contributed by atoms with E-state index in [1.807, 2.05) is 11.6 Å². The molecule has 25 heavy (non-hydrogen) atoms. The predicted molar refractivity (Wildman–Crippen MR) is 100 cm³/mol. The van der Waals surface area contributed by atoms with Crippen LogP contribution in [-0.4, -0.2) is 49.7 Å². The number of ether oxygens (including phenoxy) is 1. The lowest BCUT2D eigenvalue weighted by Gasteiger charge is -2.25. The van der Waals surface area contributed by atoms with Crippen LogP contribution in [0.15, 0.2) is 24.7 Å². The van der Waals surface area contributed by atoms with Crippen molar-refractivity contribution in [2.24, 2.45) is 0 Å². The highest BCUT2D eigenvalue weighted by Crippen LogP contribution is 2.18. The van der Waals surface area contributed by atoms with E-state index < -0.39 is 0 Å². The topological polar surface area (TPSA) is 69.9 Å². The Labute approximate surface area is 153 Å². The number of nitrogens with zero attached hydrogens (tertiary/aromatic N) is 4. The Morgan fingerprint density at radius 1 is 1.32 bits per heavy atom. The van der Waals surface area contributed by atoms with E-state index in [0.717, 1.165) is 24.5 Å². The number of aromatic nitrogens is 4. The molecule has 0 fully saturated rings. The van der Waals surface area contributed by atoms with Crippen molar-refractivity contribution in [1.82, 2.24) is 19.7 Å². The maximum atomic E-state index is 12.5. The lowest BCUT2D eigenvalue weighted by molar-refractivity contribution is -0.0181. The first-order valence-electron chi connectivity index (χ1n) is 8.37. The van der Waals surface area contributed by atoms with Crippen molar-refractivity contribution in [3.05, 3.63) is 41.7 Å². The van der Waals surface area contributed by atoms with Crippen LogP contribution in [0.1, 0.15) is 42.1 Å². The van der Waals surface area contributed by atoms with Gasteiger partial charge in [0, 0.05) is 30.4 Å². The number of hydrogen-bond acceptors (Lipinski definition) is 6. The highest BCUT2D eigenvalue weighted by Gasteiger charge is 2.20. The van der Waals surface area contributed by atoms with Gasteiger partial charge in [-0.15, -0.1) is 0 Å². The molecule has 0 aliphatic heterocycles. The van der Waals surface area contributed by atoms with Crippen molar-refractivity contribution in [2.45, 2.75) is 45.8 Å². The predicted octanol–water partition coefficient (Wildman–Crippen LogP) is 2.96. The van der Waals surface area contributed by atoms with Crippen LogP contribution in [0.4, 0.5) is 0 Å². The summed E-state index contributed by atoms with van der Waals surface area (Å²) in [6, 6.07) is 1.74. The Morgan fingerprint density at radius 2 is 2.04 bits per heavy atom. The molecular formula is C18H26N4O2S. The largest absolute Gasteiger partial charge is 0.375 e. The highest BCUT2D eigenvalue weighted by atomic mass is 32.2. The Bertz CT molecular complexity index is 686. The monoisotopic (exact) mass is 362 g/mol. The van der Waals surface area contributed by atoms with Crippen molar-refractivity contribution >= 4 is 17.5 Å². The first-order valence-corrected chi connectivity index (χ1v) is 9.77. The molecule has 0 spiro atoms. The molecule has 0 saturated heterocycles. The number of aryl methyl sites for hydroxylation is 1. The normalized spacial score (nSPS) is 11.7. The van der Waals surface area contributed by atoms with Gasteiger partial charge in [-0.2, -0.15) is 16.9 Å². The van der Waals surface area contributed by atoms with Crippen LogP contribution in [0.5, 0.6) is 0 Å². The van der Waals surface area contributed by atoms with Crippen molar-refractivity contribution < 1.29 is 9.53 Å². The molecule has 2 rings (SSSR count). The first-order chi connectivity index (χ1) is 11.9. The van der Waals surface area contributed by atoms with E-state index in [0.29, 0.717) is 17.9 Å². The minimum absolute atomic E-state index is 0.00886. The summed E-state index contributed by atoms with van der Waals surface area (Å²) in [7, 11) is 0. The van der Waals surface area contributed by atoms with Crippen LogP contribution in [0.2, 0.25) is 0 Å². The van der Waals surface area contributed by atoms with Gasteiger partial charge in [-0.3, -0.25) is 9.48 Å². The van der Waals surface area contributed by atoms with E-state index in [1.165, 1.54) is 0 Å². The lowest BCUT2D eigenvalue weighted by atomic mass is 10.1. The zero-order valence-corrected chi connectivity index (χ0v) is 16.2. The van der Waals surface area contributed by atoms with Gasteiger partial charge in [0.2, 0.25) is 0 Å². The average molecular weight is 362 g/mol. The molecule has 0 saturated carbocycles. The minimum atomic E-state index is -0.212. The van der Waals surface area contributed by atoms with Gasteiger partial charge < -0.3 is 4.74 Å². The summed E-state index contributed by atoms with van der Waals surface area (Å²) in [6.07, 6.45) is 8.02. The SMILES string of the molecule is CSCCOC(C)(C)CCn1ncc(C(=O)Cc2ncccn2)c1C. The third kappa shape index (κ3) is 5.93. The smallest absolute Gasteiger partial charge is 0.173 e. The summed E-state index contributed by atoms with van der Waals surface area (Å²) >= 11 is 1.78. The summed E-state index contributed by atoms with van der Waals surface area (Å²) < 4.78 is 7.79. The van der Waals surface area contributed by atoms with E-state index in [1.54, 1.807) is 36.4 Å². The summed E-state index contributed by atoms with van der Waals surface area (Å²) in [4.78, 5) is 20.7. The summed E-state index contributed by atoms with van der Waals surface area (Å²) in [6.45, 7) is 7.56. The quantitative estimate of drug-likeness (QED) is 0.478. The number of Topliss-reactive ketones (excluding diaryl/α,β-unsaturated/α-hetero) is 1. The third-order valence-corrected chi connectivity index (χ3v) is 4.62. The average Bonchev–Trinajstić information content (AvgIpc) is 2.95. The molecule has 0 aliphatic carbocycles. The fourth-order valence-electron chi connectivity index (χ4n) is 2.45. The van der Waals surface area contributed by atoms with Crippen molar-refractivity contribution in [1.29, 1.82) is 0 Å². The molecule has 136 valence electrons. The van der Waals surface area contributed by atoms with Gasteiger partial charge in [0.25, 0.3) is 0 Å². The lowest BCUT2D eigenvalue weighted by Crippen LogP contribution is -2.28. The molecule has 0 amide bonds. The summed E-state index contributed by atoms with van der Waals surface area (Å²) in [5.74, 6) is 1.51.